The van der Waals surface area contributed by atoms with E-state index >= 15 is 0 Å². The number of amides is 2. The van der Waals surface area contributed by atoms with E-state index in [0.717, 1.165) is 6.42 Å². The van der Waals surface area contributed by atoms with Gasteiger partial charge in [0, 0.05) is 6.04 Å². The molecule has 21 heavy (non-hydrogen) atoms. The molecule has 1 aliphatic heterocycles. The zero-order chi connectivity index (χ0) is 16.2. The standard InChI is InChI=1S/C14H22N2O3.C2H6/c1-8(2)12(15-14(18)19-4)13(17)16-9(3)10-5-6-11(16)7-10;1-2/h5-6,8-12H,7H2,1-4H3,(H,15,18);1-2H3/t9?,10?,11-,12?;/m0./s1. The van der Waals surface area contributed by atoms with Crippen molar-refractivity contribution in [1.29, 1.82) is 0 Å². The number of fused-ring (bicyclic) bond motifs is 2. The molecule has 0 spiro atoms. The molecule has 3 unspecified atom stereocenters. The first-order chi connectivity index (χ1) is 9.95. The van der Waals surface area contributed by atoms with Crippen LogP contribution in [0.1, 0.15) is 41.0 Å². The molecule has 2 aliphatic rings. The predicted octanol–water partition coefficient (Wildman–Crippen LogP) is 2.57. The number of carbonyl (C=O) groups excluding carboxylic acids is 2. The number of rotatable bonds is 3. The largest absolute Gasteiger partial charge is 0.453 e. The summed E-state index contributed by atoms with van der Waals surface area (Å²) in [6, 6.07) is -0.126. The molecular formula is C16H28N2O3. The Morgan fingerprint density at radius 3 is 2.33 bits per heavy atom. The quantitative estimate of drug-likeness (QED) is 0.814. The summed E-state index contributed by atoms with van der Waals surface area (Å²) in [7, 11) is 1.31. The zero-order valence-electron chi connectivity index (χ0n) is 13.9. The van der Waals surface area contributed by atoms with Gasteiger partial charge in [-0.1, -0.05) is 39.8 Å². The van der Waals surface area contributed by atoms with Gasteiger partial charge < -0.3 is 15.0 Å². The lowest BCUT2D eigenvalue weighted by Gasteiger charge is -2.34. The highest BCUT2D eigenvalue weighted by Crippen LogP contribution is 2.37. The van der Waals surface area contributed by atoms with E-state index in [-0.39, 0.29) is 23.9 Å². The molecule has 120 valence electrons. The molecule has 0 aromatic carbocycles. The van der Waals surface area contributed by atoms with Crippen molar-refractivity contribution in [2.75, 3.05) is 7.11 Å². The molecule has 0 aromatic rings. The summed E-state index contributed by atoms with van der Waals surface area (Å²) >= 11 is 0. The third kappa shape index (κ3) is 3.57. The normalized spacial score (nSPS) is 27.2. The first kappa shape index (κ1) is 17.5. The number of methoxy groups -OCH3 is 1. The fourth-order valence-corrected chi connectivity index (χ4v) is 3.00. The smallest absolute Gasteiger partial charge is 0.407 e. The van der Waals surface area contributed by atoms with E-state index in [1.54, 1.807) is 0 Å². The van der Waals surface area contributed by atoms with Crippen molar-refractivity contribution in [3.05, 3.63) is 12.2 Å². The SMILES string of the molecule is CC.COC(=O)NC(C(=O)N1C(C)C2C=C[C@H]1C2)C(C)C. The lowest BCUT2D eigenvalue weighted by molar-refractivity contribution is -0.136. The van der Waals surface area contributed by atoms with Crippen LogP contribution in [-0.4, -0.2) is 42.1 Å². The van der Waals surface area contributed by atoms with Gasteiger partial charge in [-0.25, -0.2) is 4.79 Å². The molecule has 5 heteroatoms. The average molecular weight is 296 g/mol. The number of alkyl carbamates (subject to hydrolysis) is 1. The Kier molecular flexibility index (Phi) is 6.24. The van der Waals surface area contributed by atoms with Gasteiger partial charge in [-0.3, -0.25) is 4.79 Å². The van der Waals surface area contributed by atoms with Crippen LogP contribution in [0.3, 0.4) is 0 Å². The zero-order valence-corrected chi connectivity index (χ0v) is 13.9. The summed E-state index contributed by atoms with van der Waals surface area (Å²) in [5.41, 5.74) is 0. The fraction of sp³-hybridized carbons (Fsp3) is 0.750. The monoisotopic (exact) mass is 296 g/mol. The molecule has 0 saturated carbocycles. The molecular weight excluding hydrogens is 268 g/mol. The highest BCUT2D eigenvalue weighted by atomic mass is 16.5. The Morgan fingerprint density at radius 2 is 1.90 bits per heavy atom. The van der Waals surface area contributed by atoms with Crippen LogP contribution >= 0.6 is 0 Å². The van der Waals surface area contributed by atoms with E-state index in [0.29, 0.717) is 5.92 Å². The Balaban J connectivity index is 0.00000106. The van der Waals surface area contributed by atoms with Gasteiger partial charge in [0.15, 0.2) is 0 Å². The molecule has 1 fully saturated rings. The summed E-state index contributed by atoms with van der Waals surface area (Å²) in [4.78, 5) is 25.9. The van der Waals surface area contributed by atoms with Crippen molar-refractivity contribution in [3.63, 3.8) is 0 Å². The molecule has 2 bridgehead atoms. The Hall–Kier alpha value is -1.52. The van der Waals surface area contributed by atoms with Gasteiger partial charge in [0.05, 0.1) is 13.2 Å². The molecule has 1 N–H and O–H groups in total. The number of hydrogen-bond donors (Lipinski definition) is 1. The van der Waals surface area contributed by atoms with E-state index in [2.05, 4.69) is 29.1 Å². The summed E-state index contributed by atoms with van der Waals surface area (Å²) in [6.45, 7) is 9.92. The minimum Gasteiger partial charge on any atom is -0.453 e. The topological polar surface area (TPSA) is 58.6 Å². The third-order valence-corrected chi connectivity index (χ3v) is 4.16. The lowest BCUT2D eigenvalue weighted by Crippen LogP contribution is -2.54. The number of nitrogens with one attached hydrogen (secondary N) is 1. The second-order valence-electron chi connectivity index (χ2n) is 5.70. The van der Waals surface area contributed by atoms with Crippen molar-refractivity contribution >= 4 is 12.0 Å². The van der Waals surface area contributed by atoms with E-state index in [4.69, 9.17) is 0 Å². The average Bonchev–Trinajstić information content (AvgIpc) is 3.06. The third-order valence-electron chi connectivity index (χ3n) is 4.16. The fourth-order valence-electron chi connectivity index (χ4n) is 3.00. The van der Waals surface area contributed by atoms with Crippen LogP contribution in [0.15, 0.2) is 12.2 Å². The van der Waals surface area contributed by atoms with E-state index in [1.807, 2.05) is 32.6 Å². The lowest BCUT2D eigenvalue weighted by atomic mass is 10.00. The van der Waals surface area contributed by atoms with E-state index < -0.39 is 12.1 Å². The maximum Gasteiger partial charge on any atom is 0.407 e. The number of nitrogens with zero attached hydrogens (tertiary/aromatic N) is 1. The van der Waals surface area contributed by atoms with Crippen LogP contribution in [0.2, 0.25) is 0 Å². The number of likely N-dealkylation sites (tertiary alicyclic amines) is 1. The van der Waals surface area contributed by atoms with Crippen LogP contribution in [0.5, 0.6) is 0 Å². The second kappa shape index (κ2) is 7.48. The molecule has 1 saturated heterocycles. The first-order valence-corrected chi connectivity index (χ1v) is 7.80. The van der Waals surface area contributed by atoms with E-state index in [1.165, 1.54) is 7.11 Å². The molecule has 5 nitrogen and oxygen atoms in total. The van der Waals surface area contributed by atoms with Crippen molar-refractivity contribution in [3.8, 4) is 0 Å². The molecule has 0 aromatic heterocycles. The Labute approximate surface area is 127 Å². The van der Waals surface area contributed by atoms with Crippen molar-refractivity contribution in [2.24, 2.45) is 11.8 Å². The molecule has 2 rings (SSSR count). The van der Waals surface area contributed by atoms with Gasteiger partial charge >= 0.3 is 6.09 Å². The summed E-state index contributed by atoms with van der Waals surface area (Å²) in [6.07, 6.45) is 4.74. The first-order valence-electron chi connectivity index (χ1n) is 7.80. The maximum atomic E-state index is 12.7. The van der Waals surface area contributed by atoms with Crippen LogP contribution in [-0.2, 0) is 9.53 Å². The predicted molar refractivity (Wildman–Crippen MR) is 82.9 cm³/mol. The molecule has 2 amide bonds. The number of ether oxygens (including phenoxy) is 1. The summed E-state index contributed by atoms with van der Waals surface area (Å²) in [5, 5.41) is 2.65. The minimum atomic E-state index is -0.556. The molecule has 4 atom stereocenters. The van der Waals surface area contributed by atoms with Crippen LogP contribution in [0, 0.1) is 11.8 Å². The maximum absolute atomic E-state index is 12.7. The van der Waals surface area contributed by atoms with Crippen molar-refractivity contribution in [2.45, 2.75) is 59.2 Å². The van der Waals surface area contributed by atoms with Crippen LogP contribution in [0.25, 0.3) is 0 Å². The van der Waals surface area contributed by atoms with E-state index in [9.17, 15) is 9.59 Å². The second-order valence-corrected chi connectivity index (χ2v) is 5.70. The van der Waals surface area contributed by atoms with Gasteiger partial charge in [0.2, 0.25) is 5.91 Å². The van der Waals surface area contributed by atoms with Gasteiger partial charge in [0.1, 0.15) is 6.04 Å². The Morgan fingerprint density at radius 1 is 1.29 bits per heavy atom. The molecule has 1 aliphatic carbocycles. The number of carbonyl (C=O) groups is 2. The van der Waals surface area contributed by atoms with Crippen molar-refractivity contribution < 1.29 is 14.3 Å². The molecule has 0 radical (unpaired) electrons. The Bertz CT molecular complexity index is 406. The van der Waals surface area contributed by atoms with Crippen LogP contribution in [0.4, 0.5) is 4.79 Å². The van der Waals surface area contributed by atoms with Gasteiger partial charge in [-0.15, -0.1) is 0 Å². The minimum absolute atomic E-state index is 0.00949. The van der Waals surface area contributed by atoms with Gasteiger partial charge in [-0.05, 0) is 25.2 Å². The highest BCUT2D eigenvalue weighted by molar-refractivity contribution is 5.87. The van der Waals surface area contributed by atoms with Gasteiger partial charge in [0.25, 0.3) is 0 Å². The van der Waals surface area contributed by atoms with Crippen LogP contribution < -0.4 is 5.32 Å². The molecule has 1 heterocycles. The number of hydrogen-bond acceptors (Lipinski definition) is 3. The van der Waals surface area contributed by atoms with Crippen molar-refractivity contribution in [1.82, 2.24) is 10.2 Å². The summed E-state index contributed by atoms with van der Waals surface area (Å²) in [5.74, 6) is 0.478. The summed E-state index contributed by atoms with van der Waals surface area (Å²) < 4.78 is 4.60. The van der Waals surface area contributed by atoms with Gasteiger partial charge in [-0.2, -0.15) is 0 Å². The highest BCUT2D eigenvalue weighted by Gasteiger charge is 2.45.